The molecule has 1 aromatic carbocycles. The molecule has 0 saturated heterocycles. The van der Waals surface area contributed by atoms with E-state index in [0.29, 0.717) is 17.1 Å². The van der Waals surface area contributed by atoms with Crippen LogP contribution in [0.4, 0.5) is 0 Å². The molecular formula is C13H21ClN2O3S. The Morgan fingerprint density at radius 1 is 1.40 bits per heavy atom. The fourth-order valence-corrected chi connectivity index (χ4v) is 3.60. The van der Waals surface area contributed by atoms with Crippen molar-refractivity contribution in [2.75, 3.05) is 20.7 Å². The minimum Gasteiger partial charge on any atom is -0.495 e. The molecule has 0 heterocycles. The van der Waals surface area contributed by atoms with Gasteiger partial charge in [-0.05, 0) is 18.6 Å². The first-order valence-electron chi connectivity index (χ1n) is 6.41. The number of unbranched alkanes of at least 4 members (excludes halogenated alkanes) is 1. The molecule has 0 aliphatic rings. The molecule has 5 nitrogen and oxygen atoms in total. The molecule has 0 unspecified atom stereocenters. The Balaban J connectivity index is 3.33. The highest BCUT2D eigenvalue weighted by Crippen LogP contribution is 2.33. The quantitative estimate of drug-likeness (QED) is 0.836. The Labute approximate surface area is 125 Å². The zero-order chi connectivity index (χ0) is 15.3. The number of nitrogens with zero attached hydrogens (tertiary/aromatic N) is 1. The predicted molar refractivity (Wildman–Crippen MR) is 80.6 cm³/mol. The van der Waals surface area contributed by atoms with Crippen molar-refractivity contribution in [2.45, 2.75) is 31.2 Å². The summed E-state index contributed by atoms with van der Waals surface area (Å²) in [4.78, 5) is 0.0616. The van der Waals surface area contributed by atoms with Gasteiger partial charge in [0.2, 0.25) is 10.0 Å². The van der Waals surface area contributed by atoms with E-state index in [9.17, 15) is 8.42 Å². The lowest BCUT2D eigenvalue weighted by Crippen LogP contribution is -2.28. The molecule has 0 aromatic heterocycles. The number of nitrogens with two attached hydrogens (primary N) is 1. The van der Waals surface area contributed by atoms with Crippen LogP contribution in [0.3, 0.4) is 0 Å². The second kappa shape index (κ2) is 7.26. The fourth-order valence-electron chi connectivity index (χ4n) is 1.87. The highest BCUT2D eigenvalue weighted by atomic mass is 35.5. The van der Waals surface area contributed by atoms with E-state index in [1.807, 2.05) is 6.92 Å². The number of benzene rings is 1. The van der Waals surface area contributed by atoms with Gasteiger partial charge in [-0.15, -0.1) is 0 Å². The van der Waals surface area contributed by atoms with Gasteiger partial charge in [0.1, 0.15) is 10.6 Å². The van der Waals surface area contributed by atoms with Crippen LogP contribution < -0.4 is 10.5 Å². The molecule has 0 radical (unpaired) electrons. The van der Waals surface area contributed by atoms with Gasteiger partial charge in [0.05, 0.1) is 7.11 Å². The molecule has 0 atom stereocenters. The van der Waals surface area contributed by atoms with Crippen LogP contribution in [-0.4, -0.2) is 33.4 Å². The van der Waals surface area contributed by atoms with Crippen LogP contribution in [-0.2, 0) is 16.6 Å². The van der Waals surface area contributed by atoms with Crippen molar-refractivity contribution in [1.29, 1.82) is 0 Å². The zero-order valence-corrected chi connectivity index (χ0v) is 13.6. The summed E-state index contributed by atoms with van der Waals surface area (Å²) < 4.78 is 31.7. The SMILES string of the molecule is CCCCN(C)S(=O)(=O)c1cc(Cl)cc(CN)c1OC. The Kier molecular flexibility index (Phi) is 6.26. The molecule has 0 saturated carbocycles. The van der Waals surface area contributed by atoms with Crippen molar-refractivity contribution in [3.63, 3.8) is 0 Å². The lowest BCUT2D eigenvalue weighted by Gasteiger charge is -2.20. The Morgan fingerprint density at radius 2 is 2.05 bits per heavy atom. The summed E-state index contributed by atoms with van der Waals surface area (Å²) in [7, 11) is -0.668. The lowest BCUT2D eigenvalue weighted by atomic mass is 10.2. The second-order valence-corrected chi connectivity index (χ2v) is 6.93. The van der Waals surface area contributed by atoms with Crippen molar-refractivity contribution in [1.82, 2.24) is 4.31 Å². The number of rotatable bonds is 7. The molecule has 1 aromatic rings. The van der Waals surface area contributed by atoms with Gasteiger partial charge in [0.25, 0.3) is 0 Å². The average Bonchev–Trinajstić information content (AvgIpc) is 2.43. The largest absolute Gasteiger partial charge is 0.495 e. The summed E-state index contributed by atoms with van der Waals surface area (Å²) in [5, 5.41) is 0.328. The number of methoxy groups -OCH3 is 1. The summed E-state index contributed by atoms with van der Waals surface area (Å²) >= 11 is 5.98. The number of hydrogen-bond donors (Lipinski definition) is 1. The average molecular weight is 321 g/mol. The van der Waals surface area contributed by atoms with Gasteiger partial charge < -0.3 is 10.5 Å². The molecule has 20 heavy (non-hydrogen) atoms. The van der Waals surface area contributed by atoms with Gasteiger partial charge in [0, 0.05) is 30.7 Å². The minimum atomic E-state index is -3.64. The summed E-state index contributed by atoms with van der Waals surface area (Å²) in [6.45, 7) is 2.62. The third kappa shape index (κ3) is 3.63. The van der Waals surface area contributed by atoms with E-state index in [-0.39, 0.29) is 17.2 Å². The van der Waals surface area contributed by atoms with Crippen molar-refractivity contribution in [3.8, 4) is 5.75 Å². The number of halogens is 1. The third-order valence-corrected chi connectivity index (χ3v) is 5.12. The summed E-state index contributed by atoms with van der Waals surface area (Å²) in [5.74, 6) is 0.264. The molecular weight excluding hydrogens is 300 g/mol. The normalized spacial score (nSPS) is 11.9. The smallest absolute Gasteiger partial charge is 0.246 e. The molecule has 0 aliphatic carbocycles. The first-order valence-corrected chi connectivity index (χ1v) is 8.23. The molecule has 0 amide bonds. The first kappa shape index (κ1) is 17.2. The number of hydrogen-bond acceptors (Lipinski definition) is 4. The highest BCUT2D eigenvalue weighted by molar-refractivity contribution is 7.89. The maximum absolute atomic E-state index is 12.6. The van der Waals surface area contributed by atoms with Crippen LogP contribution in [0.1, 0.15) is 25.3 Å². The molecule has 0 fully saturated rings. The highest BCUT2D eigenvalue weighted by Gasteiger charge is 2.26. The van der Waals surface area contributed by atoms with E-state index in [4.69, 9.17) is 22.1 Å². The van der Waals surface area contributed by atoms with Gasteiger partial charge in [-0.25, -0.2) is 12.7 Å². The van der Waals surface area contributed by atoms with Crippen LogP contribution in [0.15, 0.2) is 17.0 Å². The van der Waals surface area contributed by atoms with Crippen molar-refractivity contribution >= 4 is 21.6 Å². The first-order chi connectivity index (χ1) is 9.38. The van der Waals surface area contributed by atoms with Crippen LogP contribution >= 0.6 is 11.6 Å². The molecule has 1 rings (SSSR count). The number of sulfonamides is 1. The van der Waals surface area contributed by atoms with Crippen LogP contribution in [0.5, 0.6) is 5.75 Å². The Bertz CT molecular complexity index is 561. The van der Waals surface area contributed by atoms with Gasteiger partial charge in [-0.1, -0.05) is 24.9 Å². The van der Waals surface area contributed by atoms with Crippen molar-refractivity contribution in [2.24, 2.45) is 5.73 Å². The predicted octanol–water partition coefficient (Wildman–Crippen LogP) is 2.23. The van der Waals surface area contributed by atoms with Gasteiger partial charge in [-0.2, -0.15) is 0 Å². The lowest BCUT2D eigenvalue weighted by molar-refractivity contribution is 0.392. The summed E-state index contributed by atoms with van der Waals surface area (Å²) in [5.41, 5.74) is 6.19. The van der Waals surface area contributed by atoms with Crippen molar-refractivity contribution < 1.29 is 13.2 Å². The van der Waals surface area contributed by atoms with Crippen LogP contribution in [0.25, 0.3) is 0 Å². The van der Waals surface area contributed by atoms with E-state index < -0.39 is 10.0 Å². The third-order valence-electron chi connectivity index (χ3n) is 3.04. The molecule has 0 bridgehead atoms. The standard InChI is InChI=1S/C13H21ClN2O3S/c1-4-5-6-16(2)20(17,18)12-8-11(14)7-10(9-15)13(12)19-3/h7-8H,4-6,9,15H2,1-3H3. The summed E-state index contributed by atoms with van der Waals surface area (Å²) in [6, 6.07) is 3.02. The molecule has 0 aliphatic heterocycles. The maximum atomic E-state index is 12.6. The molecule has 0 spiro atoms. The fraction of sp³-hybridized carbons (Fsp3) is 0.538. The molecule has 7 heteroatoms. The van der Waals surface area contributed by atoms with Crippen LogP contribution in [0.2, 0.25) is 5.02 Å². The monoisotopic (exact) mass is 320 g/mol. The van der Waals surface area contributed by atoms with E-state index in [2.05, 4.69) is 0 Å². The van der Waals surface area contributed by atoms with Gasteiger partial charge >= 0.3 is 0 Å². The number of ether oxygens (including phenoxy) is 1. The van der Waals surface area contributed by atoms with Gasteiger partial charge in [0.15, 0.2) is 0 Å². The van der Waals surface area contributed by atoms with Crippen molar-refractivity contribution in [3.05, 3.63) is 22.7 Å². The van der Waals surface area contributed by atoms with E-state index in [0.717, 1.165) is 12.8 Å². The molecule has 2 N–H and O–H groups in total. The van der Waals surface area contributed by atoms with E-state index in [1.54, 1.807) is 13.1 Å². The van der Waals surface area contributed by atoms with E-state index in [1.165, 1.54) is 17.5 Å². The summed E-state index contributed by atoms with van der Waals surface area (Å²) in [6.07, 6.45) is 1.71. The Hall–Kier alpha value is -0.820. The zero-order valence-electron chi connectivity index (χ0n) is 12.0. The topological polar surface area (TPSA) is 72.6 Å². The minimum absolute atomic E-state index is 0.0616. The van der Waals surface area contributed by atoms with Crippen LogP contribution in [0, 0.1) is 0 Å². The Morgan fingerprint density at radius 3 is 2.55 bits per heavy atom. The van der Waals surface area contributed by atoms with Gasteiger partial charge in [-0.3, -0.25) is 0 Å². The molecule has 114 valence electrons. The second-order valence-electron chi connectivity index (χ2n) is 4.48. The van der Waals surface area contributed by atoms with E-state index >= 15 is 0 Å². The maximum Gasteiger partial charge on any atom is 0.246 e.